The highest BCUT2D eigenvalue weighted by Gasteiger charge is 2.38. The third kappa shape index (κ3) is 5.59. The minimum absolute atomic E-state index is 0.202. The highest BCUT2D eigenvalue weighted by molar-refractivity contribution is 6.05. The summed E-state index contributed by atoms with van der Waals surface area (Å²) in [5.74, 6) is 0.0268. The summed E-state index contributed by atoms with van der Waals surface area (Å²) in [5, 5.41) is 13.3. The second-order valence-electron chi connectivity index (χ2n) is 11.9. The van der Waals surface area contributed by atoms with E-state index in [0.29, 0.717) is 24.4 Å². The largest absolute Gasteiger partial charge is 0.444 e. The number of carbonyl (C=O) groups is 1. The van der Waals surface area contributed by atoms with Gasteiger partial charge in [0.05, 0.1) is 29.3 Å². The number of hydrogen-bond acceptors (Lipinski definition) is 8. The van der Waals surface area contributed by atoms with E-state index in [2.05, 4.69) is 20.2 Å². The van der Waals surface area contributed by atoms with E-state index in [1.807, 2.05) is 35.9 Å². The Morgan fingerprint density at radius 2 is 2.00 bits per heavy atom. The monoisotopic (exact) mass is 544 g/mol. The molecule has 0 saturated carbocycles. The van der Waals surface area contributed by atoms with Crippen molar-refractivity contribution in [3.05, 3.63) is 60.1 Å². The van der Waals surface area contributed by atoms with Gasteiger partial charge >= 0.3 is 0 Å². The smallest absolute Gasteiger partial charge is 0.277 e. The van der Waals surface area contributed by atoms with Gasteiger partial charge < -0.3 is 28.9 Å². The maximum Gasteiger partial charge on any atom is 0.277 e. The molecule has 210 valence electrons. The lowest BCUT2D eigenvalue weighted by atomic mass is 9.78. The number of rotatable bonds is 7. The Morgan fingerprint density at radius 1 is 1.18 bits per heavy atom. The van der Waals surface area contributed by atoms with E-state index < -0.39 is 5.60 Å². The van der Waals surface area contributed by atoms with Crippen molar-refractivity contribution in [3.63, 3.8) is 0 Å². The summed E-state index contributed by atoms with van der Waals surface area (Å²) in [6.07, 6.45) is 11.4. The van der Waals surface area contributed by atoms with Crippen molar-refractivity contribution in [1.82, 2.24) is 19.4 Å². The summed E-state index contributed by atoms with van der Waals surface area (Å²) in [5.41, 5.74) is 4.63. The van der Waals surface area contributed by atoms with E-state index in [9.17, 15) is 9.90 Å². The van der Waals surface area contributed by atoms with Gasteiger partial charge in [-0.15, -0.1) is 0 Å². The standard InChI is InChI=1S/C30H36N6O4/c1-20-14-21(5-10-31-20)28-34-24(18-40-28)27(37)33-23-17-36-16-22(4-6-29(2,3)38)32-26(36)15-25(23)35-11-7-30(8-12-35)9-13-39-19-30/h5,10,14-18,38H,4,6-9,11-13,19H2,1-3H3,(H,33,37). The van der Waals surface area contributed by atoms with Crippen molar-refractivity contribution in [2.24, 2.45) is 5.41 Å². The number of fused-ring (bicyclic) bond motifs is 1. The summed E-state index contributed by atoms with van der Waals surface area (Å²) in [6, 6.07) is 5.71. The molecule has 40 heavy (non-hydrogen) atoms. The van der Waals surface area contributed by atoms with Crippen LogP contribution in [-0.2, 0) is 11.2 Å². The van der Waals surface area contributed by atoms with Crippen LogP contribution in [0.2, 0.25) is 0 Å². The Balaban J connectivity index is 1.28. The minimum atomic E-state index is -0.765. The molecule has 2 aliphatic heterocycles. The summed E-state index contributed by atoms with van der Waals surface area (Å²) in [4.78, 5) is 29.2. The zero-order valence-corrected chi connectivity index (χ0v) is 23.3. The molecular formula is C30H36N6O4. The molecule has 10 nitrogen and oxygen atoms in total. The molecule has 0 unspecified atom stereocenters. The number of nitrogens with zero attached hydrogens (tertiary/aromatic N) is 5. The maximum absolute atomic E-state index is 13.4. The Kier molecular flexibility index (Phi) is 6.83. The van der Waals surface area contributed by atoms with Crippen LogP contribution in [0.4, 0.5) is 11.4 Å². The summed E-state index contributed by atoms with van der Waals surface area (Å²) < 4.78 is 13.3. The predicted molar refractivity (Wildman–Crippen MR) is 152 cm³/mol. The number of nitrogens with one attached hydrogen (secondary N) is 1. The van der Waals surface area contributed by atoms with E-state index >= 15 is 0 Å². The summed E-state index contributed by atoms with van der Waals surface area (Å²) in [7, 11) is 0. The Hall–Kier alpha value is -3.76. The average molecular weight is 545 g/mol. The molecule has 4 aromatic heterocycles. The van der Waals surface area contributed by atoms with Gasteiger partial charge in [-0.25, -0.2) is 9.97 Å². The molecule has 1 amide bonds. The number of aromatic nitrogens is 4. The molecule has 6 heterocycles. The molecule has 2 saturated heterocycles. The van der Waals surface area contributed by atoms with E-state index in [1.165, 1.54) is 6.26 Å². The second-order valence-corrected chi connectivity index (χ2v) is 11.9. The van der Waals surface area contributed by atoms with E-state index in [1.54, 1.807) is 26.1 Å². The summed E-state index contributed by atoms with van der Waals surface area (Å²) in [6.45, 7) is 8.93. The van der Waals surface area contributed by atoms with Gasteiger partial charge in [-0.3, -0.25) is 9.78 Å². The lowest BCUT2D eigenvalue weighted by molar-refractivity contribution is 0.0711. The number of piperidine rings is 1. The van der Waals surface area contributed by atoms with Gasteiger partial charge in [-0.05, 0) is 70.4 Å². The van der Waals surface area contributed by atoms with Crippen LogP contribution in [0, 0.1) is 12.3 Å². The SMILES string of the molecule is Cc1cc(-c2nc(C(=O)Nc3cn4cc(CCC(C)(C)O)nc4cc3N3CCC4(CCOC4)CC3)co2)ccn1. The molecular weight excluding hydrogens is 508 g/mol. The van der Waals surface area contributed by atoms with Crippen molar-refractivity contribution in [2.45, 2.75) is 58.5 Å². The Morgan fingerprint density at radius 3 is 2.73 bits per heavy atom. The van der Waals surface area contributed by atoms with Crippen LogP contribution in [0.15, 0.2) is 47.5 Å². The third-order valence-electron chi connectivity index (χ3n) is 8.09. The van der Waals surface area contributed by atoms with Gasteiger partial charge in [0.1, 0.15) is 11.9 Å². The first kappa shape index (κ1) is 26.5. The lowest BCUT2D eigenvalue weighted by Gasteiger charge is -2.40. The van der Waals surface area contributed by atoms with Crippen LogP contribution in [0.5, 0.6) is 0 Å². The van der Waals surface area contributed by atoms with Gasteiger partial charge in [0.15, 0.2) is 5.69 Å². The van der Waals surface area contributed by atoms with Crippen molar-refractivity contribution in [1.29, 1.82) is 0 Å². The second kappa shape index (κ2) is 10.3. The molecule has 0 radical (unpaired) electrons. The van der Waals surface area contributed by atoms with Gasteiger partial charge in [0.2, 0.25) is 5.89 Å². The quantitative estimate of drug-likeness (QED) is 0.345. The zero-order chi connectivity index (χ0) is 27.9. The number of carbonyl (C=O) groups excluding carboxylic acids is 1. The average Bonchev–Trinajstić information content (AvgIpc) is 3.67. The maximum atomic E-state index is 13.4. The zero-order valence-electron chi connectivity index (χ0n) is 23.3. The Bertz CT molecular complexity index is 1520. The molecule has 6 rings (SSSR count). The molecule has 1 spiro atoms. The first-order valence-corrected chi connectivity index (χ1v) is 13.9. The Labute approximate surface area is 233 Å². The highest BCUT2D eigenvalue weighted by Crippen LogP contribution is 2.41. The van der Waals surface area contributed by atoms with Crippen LogP contribution in [-0.4, -0.2) is 62.3 Å². The number of imidazole rings is 1. The minimum Gasteiger partial charge on any atom is -0.444 e. The van der Waals surface area contributed by atoms with Crippen molar-refractivity contribution in [2.75, 3.05) is 36.5 Å². The van der Waals surface area contributed by atoms with Crippen LogP contribution in [0.25, 0.3) is 17.1 Å². The number of amides is 1. The van der Waals surface area contributed by atoms with Crippen LogP contribution in [0.1, 0.15) is 61.4 Å². The number of aryl methyl sites for hydroxylation is 2. The molecule has 2 aliphatic rings. The van der Waals surface area contributed by atoms with Crippen molar-refractivity contribution < 1.29 is 19.1 Å². The molecule has 2 N–H and O–H groups in total. The van der Waals surface area contributed by atoms with Gasteiger partial charge in [-0.1, -0.05) is 0 Å². The molecule has 0 aliphatic carbocycles. The normalized spacial score (nSPS) is 17.1. The van der Waals surface area contributed by atoms with E-state index in [-0.39, 0.29) is 17.0 Å². The van der Waals surface area contributed by atoms with Crippen molar-refractivity contribution >= 4 is 22.9 Å². The van der Waals surface area contributed by atoms with Gasteiger partial charge in [-0.2, -0.15) is 0 Å². The number of aliphatic hydroxyl groups is 1. The predicted octanol–water partition coefficient (Wildman–Crippen LogP) is 4.66. The number of oxazole rings is 1. The summed E-state index contributed by atoms with van der Waals surface area (Å²) >= 11 is 0. The lowest BCUT2D eigenvalue weighted by Crippen LogP contribution is -2.40. The highest BCUT2D eigenvalue weighted by atomic mass is 16.5. The topological polar surface area (TPSA) is 118 Å². The third-order valence-corrected chi connectivity index (χ3v) is 8.09. The first-order chi connectivity index (χ1) is 19.2. The van der Waals surface area contributed by atoms with Crippen LogP contribution in [0.3, 0.4) is 0 Å². The molecule has 0 aromatic carbocycles. The molecule has 4 aromatic rings. The number of pyridine rings is 2. The van der Waals surface area contributed by atoms with Crippen molar-refractivity contribution in [3.8, 4) is 11.5 Å². The molecule has 10 heteroatoms. The fraction of sp³-hybridized carbons (Fsp3) is 0.467. The fourth-order valence-corrected chi connectivity index (χ4v) is 5.63. The number of ether oxygens (including phenoxy) is 1. The van der Waals surface area contributed by atoms with Gasteiger partial charge in [0, 0.05) is 55.6 Å². The van der Waals surface area contributed by atoms with Gasteiger partial charge in [0.25, 0.3) is 5.91 Å². The molecule has 0 atom stereocenters. The van der Waals surface area contributed by atoms with Crippen LogP contribution >= 0.6 is 0 Å². The first-order valence-electron chi connectivity index (χ1n) is 13.9. The molecule has 2 fully saturated rings. The van der Waals surface area contributed by atoms with E-state index in [0.717, 1.165) is 73.9 Å². The molecule has 0 bridgehead atoms. The number of anilines is 2. The fourth-order valence-electron chi connectivity index (χ4n) is 5.63. The number of hydrogen-bond donors (Lipinski definition) is 2. The van der Waals surface area contributed by atoms with Crippen LogP contribution < -0.4 is 10.2 Å². The van der Waals surface area contributed by atoms with E-state index in [4.69, 9.17) is 14.1 Å².